The number of allylic oxidation sites excluding steroid dienone is 1. The Morgan fingerprint density at radius 1 is 1.15 bits per heavy atom. The summed E-state index contributed by atoms with van der Waals surface area (Å²) >= 11 is 5.01. The van der Waals surface area contributed by atoms with Crippen LogP contribution >= 0.6 is 27.7 Å². The SMILES string of the molecule is Cc1ccc(N2CSC3=C(C#N)[C@H](c4ccc(Br)cc4)CC(=O)N3C2)cc1. The van der Waals surface area contributed by atoms with Gasteiger partial charge in [0.2, 0.25) is 5.91 Å². The number of nitriles is 1. The third-order valence-corrected chi connectivity index (χ3v) is 6.65. The first-order valence-electron chi connectivity index (χ1n) is 8.71. The van der Waals surface area contributed by atoms with E-state index in [1.165, 1.54) is 5.56 Å². The second kappa shape index (κ2) is 7.41. The molecule has 0 bridgehead atoms. The third kappa shape index (κ3) is 3.50. The van der Waals surface area contributed by atoms with Crippen LogP contribution < -0.4 is 4.90 Å². The molecular weight excluding hydrogens is 422 g/mol. The zero-order valence-corrected chi connectivity index (χ0v) is 17.3. The number of thioether (sulfide) groups is 1. The van der Waals surface area contributed by atoms with Gasteiger partial charge in [-0.1, -0.05) is 57.5 Å². The number of fused-ring (bicyclic) bond motifs is 1. The fraction of sp³-hybridized carbons (Fsp3) is 0.238. The van der Waals surface area contributed by atoms with Crippen molar-refractivity contribution in [2.24, 2.45) is 0 Å². The van der Waals surface area contributed by atoms with E-state index >= 15 is 0 Å². The van der Waals surface area contributed by atoms with Gasteiger partial charge in [-0.3, -0.25) is 9.69 Å². The minimum atomic E-state index is -0.166. The minimum Gasteiger partial charge on any atom is -0.344 e. The van der Waals surface area contributed by atoms with Crippen LogP contribution in [0, 0.1) is 18.3 Å². The maximum absolute atomic E-state index is 12.9. The van der Waals surface area contributed by atoms with E-state index in [-0.39, 0.29) is 11.8 Å². The van der Waals surface area contributed by atoms with Crippen LogP contribution in [-0.2, 0) is 4.79 Å². The number of amides is 1. The molecule has 2 heterocycles. The summed E-state index contributed by atoms with van der Waals surface area (Å²) in [7, 11) is 0. The van der Waals surface area contributed by atoms with Gasteiger partial charge >= 0.3 is 0 Å². The molecule has 1 amide bonds. The van der Waals surface area contributed by atoms with Gasteiger partial charge in [0.15, 0.2) is 0 Å². The number of hydrogen-bond donors (Lipinski definition) is 0. The molecule has 2 aromatic rings. The van der Waals surface area contributed by atoms with Gasteiger partial charge in [-0.25, -0.2) is 0 Å². The lowest BCUT2D eigenvalue weighted by Crippen LogP contribution is -2.47. The van der Waals surface area contributed by atoms with Crippen molar-refractivity contribution in [1.29, 1.82) is 5.26 Å². The number of carbonyl (C=O) groups excluding carboxylic acids is 1. The number of halogens is 1. The quantitative estimate of drug-likeness (QED) is 0.661. The maximum atomic E-state index is 12.9. The molecule has 0 spiro atoms. The van der Waals surface area contributed by atoms with E-state index in [2.05, 4.69) is 58.1 Å². The van der Waals surface area contributed by atoms with Crippen LogP contribution in [0.25, 0.3) is 0 Å². The fourth-order valence-electron chi connectivity index (χ4n) is 3.46. The van der Waals surface area contributed by atoms with Crippen LogP contribution in [0.2, 0.25) is 0 Å². The van der Waals surface area contributed by atoms with Crippen molar-refractivity contribution in [2.45, 2.75) is 19.3 Å². The molecule has 0 unspecified atom stereocenters. The monoisotopic (exact) mass is 439 g/mol. The van der Waals surface area contributed by atoms with Crippen molar-refractivity contribution in [1.82, 2.24) is 4.90 Å². The highest BCUT2D eigenvalue weighted by atomic mass is 79.9. The molecule has 0 aliphatic carbocycles. The molecule has 2 aromatic carbocycles. The van der Waals surface area contributed by atoms with Crippen molar-refractivity contribution in [2.75, 3.05) is 17.4 Å². The Labute approximate surface area is 171 Å². The largest absolute Gasteiger partial charge is 0.344 e. The van der Waals surface area contributed by atoms with Crippen molar-refractivity contribution >= 4 is 39.3 Å². The first-order valence-corrected chi connectivity index (χ1v) is 10.5. The highest BCUT2D eigenvalue weighted by Gasteiger charge is 2.38. The molecule has 27 heavy (non-hydrogen) atoms. The first kappa shape index (κ1) is 18.1. The van der Waals surface area contributed by atoms with Crippen LogP contribution in [0.15, 0.2) is 63.6 Å². The Kier molecular flexibility index (Phi) is 4.98. The smallest absolute Gasteiger partial charge is 0.229 e. The minimum absolute atomic E-state index is 0.0706. The molecule has 0 aromatic heterocycles. The Morgan fingerprint density at radius 3 is 2.52 bits per heavy atom. The highest BCUT2D eigenvalue weighted by molar-refractivity contribution is 9.10. The van der Waals surface area contributed by atoms with Gasteiger partial charge < -0.3 is 4.90 Å². The summed E-state index contributed by atoms with van der Waals surface area (Å²) in [4.78, 5) is 16.8. The second-order valence-corrected chi connectivity index (χ2v) is 8.60. The van der Waals surface area contributed by atoms with E-state index in [0.717, 1.165) is 26.6 Å². The van der Waals surface area contributed by atoms with Crippen molar-refractivity contribution < 1.29 is 4.79 Å². The van der Waals surface area contributed by atoms with Gasteiger partial charge in [-0.15, -0.1) is 0 Å². The summed E-state index contributed by atoms with van der Waals surface area (Å²) in [6, 6.07) is 18.6. The molecule has 2 aliphatic rings. The van der Waals surface area contributed by atoms with Crippen LogP contribution in [0.5, 0.6) is 0 Å². The van der Waals surface area contributed by atoms with Gasteiger partial charge in [-0.05, 0) is 36.8 Å². The maximum Gasteiger partial charge on any atom is 0.229 e. The number of nitrogens with zero attached hydrogens (tertiary/aromatic N) is 3. The molecule has 0 radical (unpaired) electrons. The van der Waals surface area contributed by atoms with Crippen LogP contribution in [0.1, 0.15) is 23.5 Å². The normalized spacial score (nSPS) is 19.7. The zero-order chi connectivity index (χ0) is 19.0. The van der Waals surface area contributed by atoms with Crippen molar-refractivity contribution in [3.63, 3.8) is 0 Å². The lowest BCUT2D eigenvalue weighted by atomic mass is 9.86. The van der Waals surface area contributed by atoms with E-state index in [9.17, 15) is 10.1 Å². The van der Waals surface area contributed by atoms with E-state index in [1.54, 1.807) is 16.7 Å². The predicted molar refractivity (Wildman–Crippen MR) is 112 cm³/mol. The zero-order valence-electron chi connectivity index (χ0n) is 14.9. The van der Waals surface area contributed by atoms with E-state index in [4.69, 9.17) is 0 Å². The van der Waals surface area contributed by atoms with E-state index in [0.29, 0.717) is 18.7 Å². The average Bonchev–Trinajstić information content (AvgIpc) is 2.69. The molecule has 0 saturated carbocycles. The topological polar surface area (TPSA) is 47.3 Å². The third-order valence-electron chi connectivity index (χ3n) is 4.97. The molecule has 4 nitrogen and oxygen atoms in total. The van der Waals surface area contributed by atoms with Crippen LogP contribution in [0.3, 0.4) is 0 Å². The number of carbonyl (C=O) groups is 1. The fourth-order valence-corrected chi connectivity index (χ4v) is 4.89. The number of rotatable bonds is 2. The van der Waals surface area contributed by atoms with Gasteiger partial charge in [0, 0.05) is 22.5 Å². The molecule has 4 rings (SSSR count). The Bertz CT molecular complexity index is 947. The second-order valence-electron chi connectivity index (χ2n) is 6.75. The number of aryl methyl sites for hydroxylation is 1. The predicted octanol–water partition coefficient (Wildman–Crippen LogP) is 4.98. The molecule has 136 valence electrons. The van der Waals surface area contributed by atoms with Gasteiger partial charge in [0.1, 0.15) is 0 Å². The van der Waals surface area contributed by atoms with E-state index < -0.39 is 0 Å². The summed E-state index contributed by atoms with van der Waals surface area (Å²) < 4.78 is 0.988. The Hall–Kier alpha value is -2.23. The lowest BCUT2D eigenvalue weighted by molar-refractivity contribution is -0.129. The highest BCUT2D eigenvalue weighted by Crippen LogP contribution is 2.43. The number of anilines is 1. The summed E-state index contributed by atoms with van der Waals surface area (Å²) in [5.74, 6) is 0.627. The molecular formula is C21H18BrN3OS. The average molecular weight is 440 g/mol. The number of hydrogen-bond acceptors (Lipinski definition) is 4. The van der Waals surface area contributed by atoms with Crippen molar-refractivity contribution in [3.8, 4) is 6.07 Å². The molecule has 0 N–H and O–H groups in total. The Morgan fingerprint density at radius 2 is 1.85 bits per heavy atom. The standard InChI is InChI=1S/C21H18BrN3OS/c1-14-2-8-17(9-3-14)24-12-25-20(26)10-18(15-4-6-16(22)7-5-15)19(11-23)21(25)27-13-24/h2-9,18H,10,12-13H2,1H3/t18-/m0/s1. The molecule has 1 saturated heterocycles. The van der Waals surface area contributed by atoms with Gasteiger partial charge in [-0.2, -0.15) is 5.26 Å². The molecule has 6 heteroatoms. The number of benzene rings is 2. The van der Waals surface area contributed by atoms with Crippen LogP contribution in [-0.4, -0.2) is 23.4 Å². The first-order chi connectivity index (χ1) is 13.1. The van der Waals surface area contributed by atoms with E-state index in [1.807, 2.05) is 24.3 Å². The lowest BCUT2D eigenvalue weighted by Gasteiger charge is -2.42. The Balaban J connectivity index is 1.65. The van der Waals surface area contributed by atoms with Crippen molar-refractivity contribution in [3.05, 3.63) is 74.7 Å². The van der Waals surface area contributed by atoms with Gasteiger partial charge in [0.05, 0.1) is 29.2 Å². The molecule has 2 aliphatic heterocycles. The summed E-state index contributed by atoms with van der Waals surface area (Å²) in [5.41, 5.74) is 4.01. The molecule has 1 fully saturated rings. The summed E-state index contributed by atoms with van der Waals surface area (Å²) in [5, 5.41) is 10.6. The summed E-state index contributed by atoms with van der Waals surface area (Å²) in [6.07, 6.45) is 0.330. The van der Waals surface area contributed by atoms with Gasteiger partial charge in [0.25, 0.3) is 0 Å². The van der Waals surface area contributed by atoms with Crippen LogP contribution in [0.4, 0.5) is 5.69 Å². The molecule has 1 atom stereocenters. The summed E-state index contributed by atoms with van der Waals surface area (Å²) in [6.45, 7) is 2.55.